The molecule has 21 heavy (non-hydrogen) atoms. The van der Waals surface area contributed by atoms with E-state index in [0.29, 0.717) is 0 Å². The summed E-state index contributed by atoms with van der Waals surface area (Å²) < 4.78 is 59.9. The van der Waals surface area contributed by atoms with Gasteiger partial charge >= 0.3 is 5.51 Å². The Kier molecular flexibility index (Phi) is 6.59. The highest BCUT2D eigenvalue weighted by atomic mass is 32.2. The Morgan fingerprint density at radius 1 is 1.29 bits per heavy atom. The van der Waals surface area contributed by atoms with Gasteiger partial charge in [0.25, 0.3) is 0 Å². The van der Waals surface area contributed by atoms with E-state index in [1.807, 2.05) is 6.08 Å². The third kappa shape index (κ3) is 8.49. The van der Waals surface area contributed by atoms with E-state index in [-0.39, 0.29) is 0 Å². The molecule has 0 atom stereocenters. The van der Waals surface area contributed by atoms with Crippen molar-refractivity contribution < 1.29 is 30.6 Å². The fraction of sp³-hybridized carbons (Fsp3) is 0.385. The molecule has 120 valence electrons. The molecule has 1 aromatic carbocycles. The maximum absolute atomic E-state index is 10.7. The molecule has 0 amide bonds. The molecule has 8 heteroatoms. The van der Waals surface area contributed by atoms with Crippen LogP contribution in [0.25, 0.3) is 6.08 Å². The van der Waals surface area contributed by atoms with Crippen LogP contribution in [0.1, 0.15) is 11.1 Å². The van der Waals surface area contributed by atoms with Gasteiger partial charge in [-0.3, -0.25) is 0 Å². The van der Waals surface area contributed by atoms with Gasteiger partial charge in [-0.15, -0.1) is 0 Å². The van der Waals surface area contributed by atoms with E-state index in [4.69, 9.17) is 13.0 Å². The molecule has 0 radical (unpaired) electrons. The van der Waals surface area contributed by atoms with E-state index in [1.54, 1.807) is 0 Å². The molecule has 0 heterocycles. The summed E-state index contributed by atoms with van der Waals surface area (Å²) >= 11 is 0. The van der Waals surface area contributed by atoms with Crippen molar-refractivity contribution in [2.45, 2.75) is 12.1 Å². The Morgan fingerprint density at radius 3 is 2.10 bits per heavy atom. The van der Waals surface area contributed by atoms with Crippen molar-refractivity contribution in [1.82, 2.24) is 0 Å². The second-order valence-electron chi connectivity index (χ2n) is 5.30. The van der Waals surface area contributed by atoms with Gasteiger partial charge < -0.3 is 9.04 Å². The van der Waals surface area contributed by atoms with Gasteiger partial charge in [0.2, 0.25) is 0 Å². The van der Waals surface area contributed by atoms with Crippen LogP contribution in [0.2, 0.25) is 0 Å². The summed E-state index contributed by atoms with van der Waals surface area (Å²) in [6.07, 6.45) is 1.89. The second-order valence-corrected chi connectivity index (χ2v) is 6.67. The van der Waals surface area contributed by atoms with Crippen molar-refractivity contribution in [3.63, 3.8) is 0 Å². The van der Waals surface area contributed by atoms with E-state index < -0.39 is 15.6 Å². The lowest BCUT2D eigenvalue weighted by Crippen LogP contribution is -2.33. The van der Waals surface area contributed by atoms with Gasteiger partial charge in [0.1, 0.15) is 6.54 Å². The Labute approximate surface area is 122 Å². The molecule has 0 aliphatic rings. The Bertz CT molecular complexity index is 575. The van der Waals surface area contributed by atoms with Crippen LogP contribution >= 0.6 is 0 Å². The number of nitrogens with zero attached hydrogens (tertiary/aromatic N) is 1. The molecule has 0 aliphatic carbocycles. The minimum absolute atomic E-state index is 0.959. The summed E-state index contributed by atoms with van der Waals surface area (Å²) in [5, 5.41) is 0. The van der Waals surface area contributed by atoms with E-state index in [0.717, 1.165) is 11.0 Å². The highest BCUT2D eigenvalue weighted by molar-refractivity contribution is 7.86. The highest BCUT2D eigenvalue weighted by Crippen LogP contribution is 2.20. The first kappa shape index (κ1) is 19.6. The summed E-state index contributed by atoms with van der Waals surface area (Å²) in [7, 11) is 0.495. The Hall–Kier alpha value is -1.38. The largest absolute Gasteiger partial charge is 0.741 e. The van der Waals surface area contributed by atoms with Crippen LogP contribution in [0.5, 0.6) is 0 Å². The molecule has 1 aromatic rings. The van der Waals surface area contributed by atoms with Crippen molar-refractivity contribution in [2.75, 3.05) is 21.1 Å². The zero-order valence-electron chi connectivity index (χ0n) is 12.0. The molecule has 0 saturated carbocycles. The minimum Gasteiger partial charge on any atom is -0.741 e. The maximum atomic E-state index is 10.7. The molecule has 0 N–H and O–H groups in total. The van der Waals surface area contributed by atoms with E-state index in [2.05, 4.69) is 52.0 Å². The number of benzene rings is 1. The molecular formula is C13H18F3NO3S. The quantitative estimate of drug-likeness (QED) is 0.487. The Balaban J connectivity index is 0.000000433. The number of quaternary nitrogens is 1. The molecule has 4 nitrogen and oxygen atoms in total. The van der Waals surface area contributed by atoms with Crippen molar-refractivity contribution in [3.8, 4) is 0 Å². The van der Waals surface area contributed by atoms with Crippen LogP contribution in [0.4, 0.5) is 13.2 Å². The van der Waals surface area contributed by atoms with E-state index >= 15 is 0 Å². The predicted molar refractivity (Wildman–Crippen MR) is 74.0 cm³/mol. The summed E-state index contributed by atoms with van der Waals surface area (Å²) in [4.78, 5) is 0. The smallest absolute Gasteiger partial charge is 0.485 e. The van der Waals surface area contributed by atoms with Crippen LogP contribution in [0, 0.1) is 0 Å². The molecule has 1 rings (SSSR count). The summed E-state index contributed by atoms with van der Waals surface area (Å²) in [6.45, 7) is 4.82. The average Bonchev–Trinajstić information content (AvgIpc) is 2.25. The van der Waals surface area contributed by atoms with Gasteiger partial charge in [0.05, 0.1) is 21.1 Å². The monoisotopic (exact) mass is 325 g/mol. The molecule has 0 unspecified atom stereocenters. The van der Waals surface area contributed by atoms with Gasteiger partial charge in [-0.05, 0) is 11.6 Å². The third-order valence-corrected chi connectivity index (χ3v) is 2.69. The zero-order chi connectivity index (χ0) is 16.9. The van der Waals surface area contributed by atoms with Crippen LogP contribution in [0.15, 0.2) is 30.8 Å². The van der Waals surface area contributed by atoms with Gasteiger partial charge in [-0.1, -0.05) is 30.9 Å². The summed E-state index contributed by atoms with van der Waals surface area (Å²) in [6, 6.07) is 8.52. The highest BCUT2D eigenvalue weighted by Gasteiger charge is 2.36. The first-order valence-corrected chi connectivity index (χ1v) is 7.21. The molecule has 0 aliphatic heterocycles. The molecule has 0 aromatic heterocycles. The topological polar surface area (TPSA) is 57.2 Å². The first-order chi connectivity index (χ1) is 9.26. The maximum Gasteiger partial charge on any atom is 0.485 e. The lowest BCUT2D eigenvalue weighted by Gasteiger charge is -2.23. The van der Waals surface area contributed by atoms with Crippen LogP contribution in [-0.4, -0.2) is 44.1 Å². The van der Waals surface area contributed by atoms with E-state index in [9.17, 15) is 13.2 Å². The first-order valence-electron chi connectivity index (χ1n) is 5.80. The second kappa shape index (κ2) is 7.06. The number of hydrogen-bond donors (Lipinski definition) is 0. The molecule has 0 bridgehead atoms. The van der Waals surface area contributed by atoms with Crippen molar-refractivity contribution in [2.24, 2.45) is 0 Å². The van der Waals surface area contributed by atoms with Crippen LogP contribution in [0.3, 0.4) is 0 Å². The fourth-order valence-electron chi connectivity index (χ4n) is 1.37. The summed E-state index contributed by atoms with van der Waals surface area (Å²) in [5.74, 6) is 0. The van der Waals surface area contributed by atoms with Gasteiger partial charge in [-0.25, -0.2) is 8.42 Å². The van der Waals surface area contributed by atoms with Gasteiger partial charge in [0, 0.05) is 5.56 Å². The van der Waals surface area contributed by atoms with Crippen molar-refractivity contribution >= 4 is 16.2 Å². The standard InChI is InChI=1S/C12H18N.CHF3O3S/c1-5-11-7-6-8-12(9-11)10-13(2,3)4;2-1(3,4)8(5,6)7/h5-9H,1,10H2,2-4H3;(H,5,6,7)/q+1;/p-1. The molecule has 0 saturated heterocycles. The fourth-order valence-corrected chi connectivity index (χ4v) is 1.37. The number of halogens is 3. The van der Waals surface area contributed by atoms with Crippen LogP contribution < -0.4 is 0 Å². The molecular weight excluding hydrogens is 307 g/mol. The molecule has 0 fully saturated rings. The summed E-state index contributed by atoms with van der Waals surface area (Å²) in [5.41, 5.74) is -3.08. The SMILES string of the molecule is C=Cc1cccc(C[N+](C)(C)C)c1.O=S(=O)([O-])C(F)(F)F. The predicted octanol–water partition coefficient (Wildman–Crippen LogP) is 2.59. The normalized spacial score (nSPS) is 12.3. The lowest BCUT2D eigenvalue weighted by molar-refractivity contribution is -0.884. The molecule has 0 spiro atoms. The van der Waals surface area contributed by atoms with Crippen molar-refractivity contribution in [1.29, 1.82) is 0 Å². The van der Waals surface area contributed by atoms with Gasteiger partial charge in [-0.2, -0.15) is 13.2 Å². The van der Waals surface area contributed by atoms with Crippen LogP contribution in [-0.2, 0) is 16.7 Å². The van der Waals surface area contributed by atoms with Crippen molar-refractivity contribution in [3.05, 3.63) is 42.0 Å². The van der Waals surface area contributed by atoms with E-state index in [1.165, 1.54) is 11.1 Å². The third-order valence-electron chi connectivity index (χ3n) is 2.13. The lowest BCUT2D eigenvalue weighted by atomic mass is 10.1. The average molecular weight is 325 g/mol. The number of hydrogen-bond acceptors (Lipinski definition) is 3. The Morgan fingerprint density at radius 2 is 1.76 bits per heavy atom. The number of rotatable bonds is 3. The zero-order valence-corrected chi connectivity index (χ0v) is 12.8. The number of alkyl halides is 3. The van der Waals surface area contributed by atoms with Gasteiger partial charge in [0.15, 0.2) is 10.1 Å². The minimum atomic E-state index is -6.09.